The summed E-state index contributed by atoms with van der Waals surface area (Å²) in [7, 11) is 0. The molecule has 1 N–H and O–H groups in total. The zero-order chi connectivity index (χ0) is 9.97. The zero-order valence-corrected chi connectivity index (χ0v) is 7.57. The molecule has 0 aliphatic carbocycles. The molecule has 68 valence electrons. The van der Waals surface area contributed by atoms with Gasteiger partial charge in [-0.2, -0.15) is 5.26 Å². The van der Waals surface area contributed by atoms with Crippen LogP contribution in [0.5, 0.6) is 0 Å². The van der Waals surface area contributed by atoms with Gasteiger partial charge in [-0.1, -0.05) is 30.3 Å². The van der Waals surface area contributed by atoms with Crippen LogP contribution >= 0.6 is 0 Å². The SMILES string of the molecule is N#Cc1ccc2ccccc2c1CO. The number of nitrogens with zero attached hydrogens (tertiary/aromatic N) is 1. The number of hydrogen-bond donors (Lipinski definition) is 1. The molecule has 0 aromatic heterocycles. The summed E-state index contributed by atoms with van der Waals surface area (Å²) < 4.78 is 0. The Labute approximate surface area is 82.0 Å². The van der Waals surface area contributed by atoms with Crippen molar-refractivity contribution in [3.8, 4) is 6.07 Å². The predicted octanol–water partition coefficient (Wildman–Crippen LogP) is 2.20. The second kappa shape index (κ2) is 3.49. The maximum absolute atomic E-state index is 9.20. The van der Waals surface area contributed by atoms with Gasteiger partial charge in [-0.3, -0.25) is 0 Å². The Kier molecular flexibility index (Phi) is 2.18. The van der Waals surface area contributed by atoms with Crippen LogP contribution in [0.2, 0.25) is 0 Å². The molecule has 0 bridgehead atoms. The van der Waals surface area contributed by atoms with Crippen molar-refractivity contribution in [2.45, 2.75) is 6.61 Å². The smallest absolute Gasteiger partial charge is 0.0995 e. The molecule has 0 radical (unpaired) electrons. The number of fused-ring (bicyclic) bond motifs is 1. The van der Waals surface area contributed by atoms with Gasteiger partial charge in [0.1, 0.15) is 0 Å². The summed E-state index contributed by atoms with van der Waals surface area (Å²) in [5.41, 5.74) is 1.26. The Morgan fingerprint density at radius 1 is 1.14 bits per heavy atom. The van der Waals surface area contributed by atoms with Crippen LogP contribution in [0.15, 0.2) is 36.4 Å². The van der Waals surface area contributed by atoms with Crippen molar-refractivity contribution in [3.05, 3.63) is 47.5 Å². The molecule has 2 heteroatoms. The van der Waals surface area contributed by atoms with E-state index in [-0.39, 0.29) is 6.61 Å². The van der Waals surface area contributed by atoms with Crippen molar-refractivity contribution >= 4 is 10.8 Å². The summed E-state index contributed by atoms with van der Waals surface area (Å²) in [5.74, 6) is 0. The summed E-state index contributed by atoms with van der Waals surface area (Å²) in [6.45, 7) is -0.0930. The van der Waals surface area contributed by atoms with E-state index in [2.05, 4.69) is 6.07 Å². The molecule has 0 saturated carbocycles. The third kappa shape index (κ3) is 1.24. The molecule has 0 amide bonds. The summed E-state index contributed by atoms with van der Waals surface area (Å²) in [6, 6.07) is 13.5. The predicted molar refractivity (Wildman–Crippen MR) is 54.6 cm³/mol. The number of rotatable bonds is 1. The fourth-order valence-corrected chi connectivity index (χ4v) is 1.61. The van der Waals surface area contributed by atoms with E-state index in [1.165, 1.54) is 0 Å². The van der Waals surface area contributed by atoms with Crippen LogP contribution in [0, 0.1) is 11.3 Å². The Bertz CT molecular complexity index is 511. The van der Waals surface area contributed by atoms with Gasteiger partial charge >= 0.3 is 0 Å². The van der Waals surface area contributed by atoms with Gasteiger partial charge < -0.3 is 5.11 Å². The average Bonchev–Trinajstić information content (AvgIpc) is 2.27. The van der Waals surface area contributed by atoms with Crippen LogP contribution in [-0.2, 0) is 6.61 Å². The van der Waals surface area contributed by atoms with Gasteiger partial charge in [-0.15, -0.1) is 0 Å². The minimum absolute atomic E-state index is 0.0930. The van der Waals surface area contributed by atoms with Gasteiger partial charge in [0.2, 0.25) is 0 Å². The van der Waals surface area contributed by atoms with Crippen LogP contribution in [0.3, 0.4) is 0 Å². The number of benzene rings is 2. The van der Waals surface area contributed by atoms with Crippen molar-refractivity contribution in [1.82, 2.24) is 0 Å². The highest BCUT2D eigenvalue weighted by atomic mass is 16.3. The maximum atomic E-state index is 9.20. The molecule has 0 atom stereocenters. The summed E-state index contributed by atoms with van der Waals surface area (Å²) in [4.78, 5) is 0. The lowest BCUT2D eigenvalue weighted by molar-refractivity contribution is 0.283. The Morgan fingerprint density at radius 2 is 1.93 bits per heavy atom. The Morgan fingerprint density at radius 3 is 2.64 bits per heavy atom. The van der Waals surface area contributed by atoms with E-state index in [0.29, 0.717) is 11.1 Å². The van der Waals surface area contributed by atoms with Crippen LogP contribution < -0.4 is 0 Å². The third-order valence-corrected chi connectivity index (χ3v) is 2.32. The monoisotopic (exact) mass is 183 g/mol. The van der Waals surface area contributed by atoms with Crippen molar-refractivity contribution in [2.24, 2.45) is 0 Å². The van der Waals surface area contributed by atoms with E-state index in [9.17, 15) is 5.11 Å². The van der Waals surface area contributed by atoms with Crippen LogP contribution in [0.25, 0.3) is 10.8 Å². The van der Waals surface area contributed by atoms with E-state index in [0.717, 1.165) is 10.8 Å². The van der Waals surface area contributed by atoms with Gasteiger partial charge in [-0.25, -0.2) is 0 Å². The first-order chi connectivity index (χ1) is 6.86. The highest BCUT2D eigenvalue weighted by Gasteiger charge is 2.04. The number of hydrogen-bond acceptors (Lipinski definition) is 2. The van der Waals surface area contributed by atoms with E-state index in [1.54, 1.807) is 6.07 Å². The number of nitriles is 1. The fraction of sp³-hybridized carbons (Fsp3) is 0.0833. The van der Waals surface area contributed by atoms with Gasteiger partial charge in [0.05, 0.1) is 18.2 Å². The zero-order valence-electron chi connectivity index (χ0n) is 7.57. The fourth-order valence-electron chi connectivity index (χ4n) is 1.61. The Hall–Kier alpha value is -1.85. The molecule has 2 nitrogen and oxygen atoms in total. The largest absolute Gasteiger partial charge is 0.392 e. The molecule has 2 rings (SSSR count). The van der Waals surface area contributed by atoms with Crippen LogP contribution in [-0.4, -0.2) is 5.11 Å². The molecule has 2 aromatic carbocycles. The molecule has 0 fully saturated rings. The van der Waals surface area contributed by atoms with Crippen LogP contribution in [0.4, 0.5) is 0 Å². The first-order valence-electron chi connectivity index (χ1n) is 4.38. The van der Waals surface area contributed by atoms with Crippen LogP contribution in [0.1, 0.15) is 11.1 Å². The molecule has 14 heavy (non-hydrogen) atoms. The molecule has 0 unspecified atom stereocenters. The number of aliphatic hydroxyl groups is 1. The van der Waals surface area contributed by atoms with Gasteiger partial charge in [0.25, 0.3) is 0 Å². The summed E-state index contributed by atoms with van der Waals surface area (Å²) in [5, 5.41) is 20.0. The second-order valence-corrected chi connectivity index (χ2v) is 3.08. The van der Waals surface area contributed by atoms with Gasteiger partial charge in [0, 0.05) is 5.56 Å². The van der Waals surface area contributed by atoms with E-state index >= 15 is 0 Å². The highest BCUT2D eigenvalue weighted by molar-refractivity contribution is 5.87. The van der Waals surface area contributed by atoms with Gasteiger partial charge in [-0.05, 0) is 16.8 Å². The first-order valence-corrected chi connectivity index (χ1v) is 4.38. The lowest BCUT2D eigenvalue weighted by Gasteiger charge is -2.05. The molecule has 0 saturated heterocycles. The summed E-state index contributed by atoms with van der Waals surface area (Å²) in [6.07, 6.45) is 0. The summed E-state index contributed by atoms with van der Waals surface area (Å²) >= 11 is 0. The molecule has 0 heterocycles. The third-order valence-electron chi connectivity index (χ3n) is 2.32. The Balaban J connectivity index is 2.85. The van der Waals surface area contributed by atoms with E-state index in [4.69, 9.17) is 5.26 Å². The minimum atomic E-state index is -0.0930. The standard InChI is InChI=1S/C12H9NO/c13-7-10-6-5-9-3-1-2-4-11(9)12(10)8-14/h1-6,14H,8H2. The van der Waals surface area contributed by atoms with Crippen molar-refractivity contribution in [3.63, 3.8) is 0 Å². The topological polar surface area (TPSA) is 44.0 Å². The highest BCUT2D eigenvalue weighted by Crippen LogP contribution is 2.21. The van der Waals surface area contributed by atoms with E-state index < -0.39 is 0 Å². The van der Waals surface area contributed by atoms with E-state index in [1.807, 2.05) is 30.3 Å². The quantitative estimate of drug-likeness (QED) is 0.736. The van der Waals surface area contributed by atoms with Crippen molar-refractivity contribution < 1.29 is 5.11 Å². The number of aliphatic hydroxyl groups excluding tert-OH is 1. The molecule has 0 spiro atoms. The van der Waals surface area contributed by atoms with Crippen molar-refractivity contribution in [1.29, 1.82) is 5.26 Å². The first kappa shape index (κ1) is 8.74. The molecule has 2 aromatic rings. The lowest BCUT2D eigenvalue weighted by atomic mass is 10.0. The maximum Gasteiger partial charge on any atom is 0.0995 e. The molecular weight excluding hydrogens is 174 g/mol. The normalized spacial score (nSPS) is 10.0. The lowest BCUT2D eigenvalue weighted by Crippen LogP contribution is -1.91. The molecule has 0 aliphatic heterocycles. The molecular formula is C12H9NO. The van der Waals surface area contributed by atoms with Crippen molar-refractivity contribution in [2.75, 3.05) is 0 Å². The van der Waals surface area contributed by atoms with Gasteiger partial charge in [0.15, 0.2) is 0 Å². The minimum Gasteiger partial charge on any atom is -0.392 e. The molecule has 0 aliphatic rings. The average molecular weight is 183 g/mol. The second-order valence-electron chi connectivity index (χ2n) is 3.08.